The second-order valence-electron chi connectivity index (χ2n) is 3.04. The second kappa shape index (κ2) is 6.67. The normalized spacial score (nSPS) is 11.5. The van der Waals surface area contributed by atoms with Crippen LogP contribution in [-0.4, -0.2) is 11.2 Å². The molecule has 0 aromatic heterocycles. The van der Waals surface area contributed by atoms with Crippen LogP contribution in [0, 0.1) is 6.92 Å². The summed E-state index contributed by atoms with van der Waals surface area (Å²) >= 11 is 0. The quantitative estimate of drug-likeness (QED) is 0.742. The fraction of sp³-hybridized carbons (Fsp3) is 0.500. The van der Waals surface area contributed by atoms with E-state index in [1.54, 1.807) is 6.92 Å². The van der Waals surface area contributed by atoms with Crippen molar-refractivity contribution in [1.29, 1.82) is 0 Å². The molecular weight excluding hydrogens is 160 g/mol. The van der Waals surface area contributed by atoms with Crippen LogP contribution in [0.4, 0.5) is 0 Å². The van der Waals surface area contributed by atoms with Crippen LogP contribution in [0.15, 0.2) is 24.3 Å². The van der Waals surface area contributed by atoms with Crippen molar-refractivity contribution in [2.75, 3.05) is 0 Å². The monoisotopic (exact) mass is 180 g/mol. The number of aliphatic hydroxyl groups excluding tert-OH is 1. The van der Waals surface area contributed by atoms with Gasteiger partial charge in [-0.3, -0.25) is 0 Å². The summed E-state index contributed by atoms with van der Waals surface area (Å²) in [5.41, 5.74) is 2.46. The third kappa shape index (κ3) is 5.42. The van der Waals surface area contributed by atoms with Gasteiger partial charge < -0.3 is 5.11 Å². The molecule has 1 heteroatoms. The maximum atomic E-state index is 9.08. The second-order valence-corrected chi connectivity index (χ2v) is 3.04. The van der Waals surface area contributed by atoms with Gasteiger partial charge in [0.15, 0.2) is 0 Å². The molecule has 0 saturated carbocycles. The molecule has 0 spiro atoms. The van der Waals surface area contributed by atoms with Crippen LogP contribution in [0.3, 0.4) is 0 Å². The van der Waals surface area contributed by atoms with E-state index < -0.39 is 0 Å². The maximum absolute atomic E-state index is 9.08. The molecule has 0 aliphatic heterocycles. The van der Waals surface area contributed by atoms with Crippen molar-refractivity contribution >= 4 is 0 Å². The third-order valence-corrected chi connectivity index (χ3v) is 1.65. The van der Waals surface area contributed by atoms with Crippen molar-refractivity contribution in [2.24, 2.45) is 0 Å². The SMILES string of the molecule is CC.Cc1ccc(CC(C)O)cc1. The highest BCUT2D eigenvalue weighted by molar-refractivity contribution is 5.21. The standard InChI is InChI=1S/C10H14O.C2H6/c1-8-3-5-10(6-4-8)7-9(2)11;1-2/h3-6,9,11H,7H2,1-2H3;1-2H3. The first-order chi connectivity index (χ1) is 6.18. The van der Waals surface area contributed by atoms with Crippen LogP contribution in [0.25, 0.3) is 0 Å². The zero-order valence-corrected chi connectivity index (χ0v) is 9.04. The molecule has 1 atom stereocenters. The molecule has 0 aliphatic rings. The Hall–Kier alpha value is -0.820. The largest absolute Gasteiger partial charge is 0.393 e. The molecule has 0 fully saturated rings. The van der Waals surface area contributed by atoms with E-state index in [0.717, 1.165) is 6.42 Å². The molecule has 0 saturated heterocycles. The Morgan fingerprint density at radius 1 is 1.15 bits per heavy atom. The Balaban J connectivity index is 0.000000671. The zero-order valence-electron chi connectivity index (χ0n) is 9.04. The van der Waals surface area contributed by atoms with E-state index in [-0.39, 0.29) is 6.10 Å². The fourth-order valence-corrected chi connectivity index (χ4v) is 1.07. The van der Waals surface area contributed by atoms with Crippen LogP contribution >= 0.6 is 0 Å². The maximum Gasteiger partial charge on any atom is 0.0552 e. The first-order valence-electron chi connectivity index (χ1n) is 4.92. The number of benzene rings is 1. The minimum atomic E-state index is -0.238. The summed E-state index contributed by atoms with van der Waals surface area (Å²) in [5.74, 6) is 0. The topological polar surface area (TPSA) is 20.2 Å². The summed E-state index contributed by atoms with van der Waals surface area (Å²) in [6.07, 6.45) is 0.512. The summed E-state index contributed by atoms with van der Waals surface area (Å²) in [5, 5.41) is 9.08. The molecule has 0 bridgehead atoms. The zero-order chi connectivity index (χ0) is 10.3. The van der Waals surface area contributed by atoms with E-state index in [9.17, 15) is 0 Å². The van der Waals surface area contributed by atoms with E-state index >= 15 is 0 Å². The highest BCUT2D eigenvalue weighted by atomic mass is 16.3. The van der Waals surface area contributed by atoms with Crippen molar-refractivity contribution < 1.29 is 5.11 Å². The van der Waals surface area contributed by atoms with E-state index in [4.69, 9.17) is 5.11 Å². The fourth-order valence-electron chi connectivity index (χ4n) is 1.07. The van der Waals surface area contributed by atoms with Crippen molar-refractivity contribution in [1.82, 2.24) is 0 Å². The van der Waals surface area contributed by atoms with E-state index in [0.29, 0.717) is 0 Å². The average molecular weight is 180 g/mol. The van der Waals surface area contributed by atoms with Crippen LogP contribution in [-0.2, 0) is 6.42 Å². The molecule has 13 heavy (non-hydrogen) atoms. The number of rotatable bonds is 2. The minimum absolute atomic E-state index is 0.238. The highest BCUT2D eigenvalue weighted by Crippen LogP contribution is 2.05. The average Bonchev–Trinajstić information content (AvgIpc) is 2.12. The van der Waals surface area contributed by atoms with E-state index in [1.807, 2.05) is 13.8 Å². The third-order valence-electron chi connectivity index (χ3n) is 1.65. The lowest BCUT2D eigenvalue weighted by Gasteiger charge is -2.03. The van der Waals surface area contributed by atoms with Gasteiger partial charge in [0.25, 0.3) is 0 Å². The first-order valence-corrected chi connectivity index (χ1v) is 4.92. The predicted octanol–water partition coefficient (Wildman–Crippen LogP) is 2.94. The molecule has 0 radical (unpaired) electrons. The van der Waals surface area contributed by atoms with Gasteiger partial charge in [-0.2, -0.15) is 0 Å². The van der Waals surface area contributed by atoms with Crippen molar-refractivity contribution in [2.45, 2.75) is 40.2 Å². The molecule has 0 amide bonds. The Kier molecular flexibility index (Phi) is 6.25. The minimum Gasteiger partial charge on any atom is -0.393 e. The number of hydrogen-bond donors (Lipinski definition) is 1. The first kappa shape index (κ1) is 12.2. The Labute approximate surface area is 81.4 Å². The highest BCUT2D eigenvalue weighted by Gasteiger charge is 1.96. The lowest BCUT2D eigenvalue weighted by Crippen LogP contribution is -2.03. The van der Waals surface area contributed by atoms with E-state index in [2.05, 4.69) is 31.2 Å². The molecule has 1 nitrogen and oxygen atoms in total. The molecule has 1 aromatic carbocycles. The summed E-state index contributed by atoms with van der Waals surface area (Å²) in [7, 11) is 0. The van der Waals surface area contributed by atoms with E-state index in [1.165, 1.54) is 11.1 Å². The van der Waals surface area contributed by atoms with Crippen molar-refractivity contribution in [3.63, 3.8) is 0 Å². The Morgan fingerprint density at radius 3 is 2.00 bits per heavy atom. The number of aryl methyl sites for hydroxylation is 1. The Bertz CT molecular complexity index is 211. The van der Waals surface area contributed by atoms with Gasteiger partial charge in [-0.05, 0) is 25.8 Å². The van der Waals surface area contributed by atoms with Crippen LogP contribution in [0.2, 0.25) is 0 Å². The molecule has 0 aliphatic carbocycles. The molecule has 1 aromatic rings. The van der Waals surface area contributed by atoms with Crippen LogP contribution < -0.4 is 0 Å². The lowest BCUT2D eigenvalue weighted by atomic mass is 10.1. The van der Waals surface area contributed by atoms with Gasteiger partial charge in [-0.15, -0.1) is 0 Å². The summed E-state index contributed by atoms with van der Waals surface area (Å²) in [6, 6.07) is 8.25. The van der Waals surface area contributed by atoms with Gasteiger partial charge in [0, 0.05) is 0 Å². The molecule has 1 rings (SSSR count). The molecule has 1 N–H and O–H groups in total. The molecule has 1 unspecified atom stereocenters. The Morgan fingerprint density at radius 2 is 1.62 bits per heavy atom. The van der Waals surface area contributed by atoms with Gasteiger partial charge in [-0.25, -0.2) is 0 Å². The van der Waals surface area contributed by atoms with Gasteiger partial charge in [0.1, 0.15) is 0 Å². The predicted molar refractivity (Wildman–Crippen MR) is 57.9 cm³/mol. The summed E-state index contributed by atoms with van der Waals surface area (Å²) in [6.45, 7) is 7.87. The summed E-state index contributed by atoms with van der Waals surface area (Å²) < 4.78 is 0. The van der Waals surface area contributed by atoms with Crippen molar-refractivity contribution in [3.8, 4) is 0 Å². The smallest absolute Gasteiger partial charge is 0.0552 e. The molecule has 74 valence electrons. The van der Waals surface area contributed by atoms with Gasteiger partial charge in [-0.1, -0.05) is 43.7 Å². The number of aliphatic hydroxyl groups is 1. The summed E-state index contributed by atoms with van der Waals surface area (Å²) in [4.78, 5) is 0. The van der Waals surface area contributed by atoms with Gasteiger partial charge >= 0.3 is 0 Å². The van der Waals surface area contributed by atoms with Crippen molar-refractivity contribution in [3.05, 3.63) is 35.4 Å². The van der Waals surface area contributed by atoms with Crippen LogP contribution in [0.1, 0.15) is 31.9 Å². The molecule has 0 heterocycles. The van der Waals surface area contributed by atoms with Gasteiger partial charge in [0.2, 0.25) is 0 Å². The number of hydrogen-bond acceptors (Lipinski definition) is 1. The van der Waals surface area contributed by atoms with Crippen LogP contribution in [0.5, 0.6) is 0 Å². The van der Waals surface area contributed by atoms with Gasteiger partial charge in [0.05, 0.1) is 6.10 Å². The lowest BCUT2D eigenvalue weighted by molar-refractivity contribution is 0.195. The molecular formula is C12H20O.